The Morgan fingerprint density at radius 2 is 1.84 bits per heavy atom. The van der Waals surface area contributed by atoms with E-state index in [9.17, 15) is 4.39 Å². The van der Waals surface area contributed by atoms with Gasteiger partial charge < -0.3 is 5.32 Å². The minimum Gasteiger partial charge on any atom is -0.387 e. The van der Waals surface area contributed by atoms with Crippen molar-refractivity contribution in [3.05, 3.63) is 57.7 Å². The van der Waals surface area contributed by atoms with Gasteiger partial charge in [-0.3, -0.25) is 0 Å². The van der Waals surface area contributed by atoms with Gasteiger partial charge in [-0.1, -0.05) is 24.3 Å². The Kier molecular flexibility index (Phi) is 2.86. The second-order valence-corrected chi connectivity index (χ2v) is 5.02. The molecule has 1 heterocycles. The van der Waals surface area contributed by atoms with Crippen LogP contribution >= 0.6 is 0 Å². The van der Waals surface area contributed by atoms with Gasteiger partial charge in [0, 0.05) is 18.0 Å². The SMILES string of the molecule is Cc1ccc(-c2cc(C)c3c(c2)=CCNC=3)cc1F. The number of hydrogen-bond donors (Lipinski definition) is 1. The number of halogens is 1. The molecule has 96 valence electrons. The zero-order valence-electron chi connectivity index (χ0n) is 11.1. The number of benzene rings is 2. The highest BCUT2D eigenvalue weighted by Crippen LogP contribution is 2.20. The smallest absolute Gasteiger partial charge is 0.126 e. The highest BCUT2D eigenvalue weighted by atomic mass is 19.1. The van der Waals surface area contributed by atoms with Crippen LogP contribution < -0.4 is 15.8 Å². The molecule has 1 aliphatic heterocycles. The van der Waals surface area contributed by atoms with E-state index >= 15 is 0 Å². The normalized spacial score (nSPS) is 13.0. The van der Waals surface area contributed by atoms with Crippen molar-refractivity contribution in [3.63, 3.8) is 0 Å². The molecule has 0 atom stereocenters. The standard InChI is InChI=1S/C17H16FN/c1-11-3-4-13(9-17(11)18)15-7-12(2)16-10-19-6-5-14(16)8-15/h3-5,7-10,19H,6H2,1-2H3. The summed E-state index contributed by atoms with van der Waals surface area (Å²) in [5, 5.41) is 5.66. The van der Waals surface area contributed by atoms with Crippen molar-refractivity contribution < 1.29 is 4.39 Å². The van der Waals surface area contributed by atoms with Crippen LogP contribution in [0, 0.1) is 19.7 Å². The van der Waals surface area contributed by atoms with Gasteiger partial charge >= 0.3 is 0 Å². The molecule has 0 amide bonds. The number of rotatable bonds is 1. The molecule has 2 heteroatoms. The zero-order chi connectivity index (χ0) is 13.4. The van der Waals surface area contributed by atoms with Crippen LogP contribution in [0.2, 0.25) is 0 Å². The monoisotopic (exact) mass is 253 g/mol. The van der Waals surface area contributed by atoms with Gasteiger partial charge in [0.1, 0.15) is 5.82 Å². The van der Waals surface area contributed by atoms with Crippen LogP contribution in [0.1, 0.15) is 11.1 Å². The summed E-state index contributed by atoms with van der Waals surface area (Å²) in [6.07, 6.45) is 4.21. The second kappa shape index (κ2) is 4.54. The summed E-state index contributed by atoms with van der Waals surface area (Å²) in [4.78, 5) is 0. The largest absolute Gasteiger partial charge is 0.387 e. The van der Waals surface area contributed by atoms with Crippen LogP contribution in [-0.2, 0) is 0 Å². The Labute approximate surface area is 112 Å². The van der Waals surface area contributed by atoms with Gasteiger partial charge in [0.05, 0.1) is 0 Å². The van der Waals surface area contributed by atoms with Gasteiger partial charge in [0.15, 0.2) is 0 Å². The second-order valence-electron chi connectivity index (χ2n) is 5.02. The molecule has 0 saturated heterocycles. The van der Waals surface area contributed by atoms with E-state index in [4.69, 9.17) is 0 Å². The molecule has 0 bridgehead atoms. The van der Waals surface area contributed by atoms with Crippen molar-refractivity contribution in [2.24, 2.45) is 0 Å². The van der Waals surface area contributed by atoms with Crippen molar-refractivity contribution in [1.29, 1.82) is 0 Å². The summed E-state index contributed by atoms with van der Waals surface area (Å²) in [5.41, 5.74) is 3.89. The number of fused-ring (bicyclic) bond motifs is 1. The molecule has 2 aromatic carbocycles. The average Bonchev–Trinajstić information content (AvgIpc) is 2.42. The van der Waals surface area contributed by atoms with Crippen molar-refractivity contribution in [1.82, 2.24) is 5.32 Å². The number of hydrogen-bond acceptors (Lipinski definition) is 1. The summed E-state index contributed by atoms with van der Waals surface area (Å²) >= 11 is 0. The van der Waals surface area contributed by atoms with Crippen molar-refractivity contribution in [3.8, 4) is 11.1 Å². The van der Waals surface area contributed by atoms with Crippen LogP contribution in [-0.4, -0.2) is 6.54 Å². The first-order valence-electron chi connectivity index (χ1n) is 6.46. The van der Waals surface area contributed by atoms with E-state index in [1.54, 1.807) is 13.0 Å². The summed E-state index contributed by atoms with van der Waals surface area (Å²) in [6, 6.07) is 9.66. The van der Waals surface area contributed by atoms with Crippen LogP contribution in [0.25, 0.3) is 23.4 Å². The highest BCUT2D eigenvalue weighted by Gasteiger charge is 2.05. The molecule has 3 rings (SSSR count). The molecule has 0 radical (unpaired) electrons. The van der Waals surface area contributed by atoms with E-state index in [-0.39, 0.29) is 5.82 Å². The van der Waals surface area contributed by atoms with Crippen LogP contribution in [0.15, 0.2) is 30.3 Å². The lowest BCUT2D eigenvalue weighted by Crippen LogP contribution is -2.35. The van der Waals surface area contributed by atoms with Gasteiger partial charge in [0.25, 0.3) is 0 Å². The van der Waals surface area contributed by atoms with Crippen molar-refractivity contribution in [2.75, 3.05) is 6.54 Å². The maximum atomic E-state index is 13.7. The molecule has 0 aromatic heterocycles. The molecule has 1 aliphatic rings. The summed E-state index contributed by atoms with van der Waals surface area (Å²) in [6.45, 7) is 4.72. The van der Waals surface area contributed by atoms with E-state index in [0.29, 0.717) is 5.56 Å². The first kappa shape index (κ1) is 12.0. The predicted octanol–water partition coefficient (Wildman–Crippen LogP) is 2.23. The number of aryl methyl sites for hydroxylation is 2. The van der Waals surface area contributed by atoms with E-state index in [1.165, 1.54) is 16.0 Å². The summed E-state index contributed by atoms with van der Waals surface area (Å²) in [5.74, 6) is -0.148. The molecule has 1 N–H and O–H groups in total. The average molecular weight is 253 g/mol. The fraction of sp³-hybridized carbons (Fsp3) is 0.176. The Morgan fingerprint density at radius 1 is 1.00 bits per heavy atom. The quantitative estimate of drug-likeness (QED) is 0.822. The third kappa shape index (κ3) is 2.14. The van der Waals surface area contributed by atoms with Gasteiger partial charge in [-0.2, -0.15) is 0 Å². The van der Waals surface area contributed by atoms with Crippen molar-refractivity contribution in [2.45, 2.75) is 13.8 Å². The lowest BCUT2D eigenvalue weighted by molar-refractivity contribution is 0.619. The van der Waals surface area contributed by atoms with Gasteiger partial charge in [-0.25, -0.2) is 4.39 Å². The van der Waals surface area contributed by atoms with E-state index < -0.39 is 0 Å². The highest BCUT2D eigenvalue weighted by molar-refractivity contribution is 5.66. The van der Waals surface area contributed by atoms with E-state index in [0.717, 1.165) is 17.7 Å². The third-order valence-electron chi connectivity index (χ3n) is 3.61. The minimum absolute atomic E-state index is 0.148. The van der Waals surface area contributed by atoms with Crippen LogP contribution in [0.4, 0.5) is 4.39 Å². The lowest BCUT2D eigenvalue weighted by atomic mass is 9.99. The number of nitrogens with one attached hydrogen (secondary N) is 1. The summed E-state index contributed by atoms with van der Waals surface area (Å²) < 4.78 is 13.7. The predicted molar refractivity (Wildman–Crippen MR) is 77.5 cm³/mol. The molecule has 19 heavy (non-hydrogen) atoms. The topological polar surface area (TPSA) is 12.0 Å². The molecular formula is C17H16FN. The lowest BCUT2D eigenvalue weighted by Gasteiger charge is -2.09. The Hall–Kier alpha value is -2.09. The minimum atomic E-state index is -0.148. The zero-order valence-corrected chi connectivity index (χ0v) is 11.1. The Morgan fingerprint density at radius 3 is 2.63 bits per heavy atom. The molecule has 0 fully saturated rings. The molecule has 1 nitrogen and oxygen atoms in total. The fourth-order valence-corrected chi connectivity index (χ4v) is 2.46. The molecule has 0 unspecified atom stereocenters. The van der Waals surface area contributed by atoms with E-state index in [1.807, 2.05) is 18.3 Å². The third-order valence-corrected chi connectivity index (χ3v) is 3.61. The Bertz CT molecular complexity index is 760. The molecular weight excluding hydrogens is 237 g/mol. The molecule has 0 saturated carbocycles. The van der Waals surface area contributed by atoms with Crippen LogP contribution in [0.3, 0.4) is 0 Å². The fourth-order valence-electron chi connectivity index (χ4n) is 2.46. The maximum absolute atomic E-state index is 13.7. The first-order valence-corrected chi connectivity index (χ1v) is 6.46. The van der Waals surface area contributed by atoms with Gasteiger partial charge in [-0.05, 0) is 53.5 Å². The molecule has 0 spiro atoms. The van der Waals surface area contributed by atoms with Crippen molar-refractivity contribution >= 4 is 12.3 Å². The maximum Gasteiger partial charge on any atom is 0.126 e. The molecule has 2 aromatic rings. The first-order chi connectivity index (χ1) is 9.15. The summed E-state index contributed by atoms with van der Waals surface area (Å²) in [7, 11) is 0. The Balaban J connectivity index is 2.22. The van der Waals surface area contributed by atoms with Crippen LogP contribution in [0.5, 0.6) is 0 Å². The van der Waals surface area contributed by atoms with Gasteiger partial charge in [-0.15, -0.1) is 0 Å². The van der Waals surface area contributed by atoms with Gasteiger partial charge in [0.2, 0.25) is 0 Å². The van der Waals surface area contributed by atoms with E-state index in [2.05, 4.69) is 30.4 Å². The molecule has 0 aliphatic carbocycles.